The van der Waals surface area contributed by atoms with Crippen molar-refractivity contribution in [2.75, 3.05) is 11.9 Å². The second kappa shape index (κ2) is 6.74. The molecule has 2 aromatic rings. The van der Waals surface area contributed by atoms with E-state index in [9.17, 15) is 0 Å². The van der Waals surface area contributed by atoms with E-state index in [1.807, 2.05) is 6.92 Å². The van der Waals surface area contributed by atoms with Crippen LogP contribution in [0.25, 0.3) is 0 Å². The minimum atomic E-state index is 0.0529. The Balaban J connectivity index is 2.16. The molecule has 106 valence electrons. The van der Waals surface area contributed by atoms with Crippen LogP contribution in [-0.4, -0.2) is 7.05 Å². The van der Waals surface area contributed by atoms with Gasteiger partial charge in [0.15, 0.2) is 0 Å². The van der Waals surface area contributed by atoms with E-state index in [1.54, 1.807) is 0 Å². The Labute approximate surface area is 137 Å². The van der Waals surface area contributed by atoms with E-state index in [4.69, 9.17) is 5.73 Å². The molecule has 0 saturated carbocycles. The normalized spacial score (nSPS) is 12.2. The first kappa shape index (κ1) is 15.5. The predicted octanol–water partition coefficient (Wildman–Crippen LogP) is 4.87. The molecule has 0 saturated heterocycles. The molecule has 2 nitrogen and oxygen atoms in total. The Morgan fingerprint density at radius 3 is 2.30 bits per heavy atom. The molecular formula is C16H18Br2N2. The van der Waals surface area contributed by atoms with Crippen LogP contribution in [0.5, 0.6) is 0 Å². The monoisotopic (exact) mass is 396 g/mol. The van der Waals surface area contributed by atoms with Crippen LogP contribution in [0, 0.1) is 0 Å². The van der Waals surface area contributed by atoms with E-state index in [0.29, 0.717) is 0 Å². The SMILES string of the molecule is C[C@H](N)c1ccc(N(C)Cc2ccc(Br)cc2)c(Br)c1. The van der Waals surface area contributed by atoms with Crippen LogP contribution < -0.4 is 10.6 Å². The Kier molecular flexibility index (Phi) is 5.24. The van der Waals surface area contributed by atoms with Gasteiger partial charge in [-0.3, -0.25) is 0 Å². The predicted molar refractivity (Wildman–Crippen MR) is 93.0 cm³/mol. The number of hydrogen-bond donors (Lipinski definition) is 1. The molecule has 0 radical (unpaired) electrons. The highest BCUT2D eigenvalue weighted by Gasteiger charge is 2.09. The van der Waals surface area contributed by atoms with Gasteiger partial charge in [-0.1, -0.05) is 34.1 Å². The number of halogens is 2. The summed E-state index contributed by atoms with van der Waals surface area (Å²) in [6.45, 7) is 2.86. The van der Waals surface area contributed by atoms with Crippen LogP contribution in [0.15, 0.2) is 51.4 Å². The zero-order valence-electron chi connectivity index (χ0n) is 11.6. The molecule has 0 bridgehead atoms. The van der Waals surface area contributed by atoms with Gasteiger partial charge in [-0.25, -0.2) is 0 Å². The zero-order valence-corrected chi connectivity index (χ0v) is 14.8. The molecule has 0 fully saturated rings. The van der Waals surface area contributed by atoms with Crippen molar-refractivity contribution < 1.29 is 0 Å². The van der Waals surface area contributed by atoms with Crippen molar-refractivity contribution >= 4 is 37.5 Å². The maximum atomic E-state index is 5.91. The van der Waals surface area contributed by atoms with Gasteiger partial charge < -0.3 is 10.6 Å². The fourth-order valence-electron chi connectivity index (χ4n) is 2.06. The van der Waals surface area contributed by atoms with E-state index < -0.39 is 0 Å². The van der Waals surface area contributed by atoms with Gasteiger partial charge in [0.25, 0.3) is 0 Å². The summed E-state index contributed by atoms with van der Waals surface area (Å²) in [5.74, 6) is 0. The molecular weight excluding hydrogens is 380 g/mol. The standard InChI is InChI=1S/C16H18Br2N2/c1-11(19)13-5-8-16(15(18)9-13)20(2)10-12-3-6-14(17)7-4-12/h3-9,11H,10,19H2,1-2H3/t11-/m0/s1. The number of benzene rings is 2. The molecule has 0 amide bonds. The molecule has 2 N–H and O–H groups in total. The van der Waals surface area contributed by atoms with E-state index in [1.165, 1.54) is 5.56 Å². The van der Waals surface area contributed by atoms with Crippen LogP contribution in [0.1, 0.15) is 24.1 Å². The minimum absolute atomic E-state index is 0.0529. The Morgan fingerprint density at radius 1 is 1.10 bits per heavy atom. The highest BCUT2D eigenvalue weighted by Crippen LogP contribution is 2.29. The molecule has 2 rings (SSSR count). The highest BCUT2D eigenvalue weighted by molar-refractivity contribution is 9.10. The Bertz CT molecular complexity index is 580. The third-order valence-corrected chi connectivity index (χ3v) is 4.41. The van der Waals surface area contributed by atoms with Gasteiger partial charge in [0, 0.05) is 28.6 Å². The summed E-state index contributed by atoms with van der Waals surface area (Å²) < 4.78 is 2.18. The zero-order chi connectivity index (χ0) is 14.7. The third-order valence-electron chi connectivity index (χ3n) is 3.24. The van der Waals surface area contributed by atoms with Crippen LogP contribution >= 0.6 is 31.9 Å². The smallest absolute Gasteiger partial charge is 0.0511 e. The van der Waals surface area contributed by atoms with E-state index in [-0.39, 0.29) is 6.04 Å². The summed E-state index contributed by atoms with van der Waals surface area (Å²) in [4.78, 5) is 2.22. The molecule has 2 aromatic carbocycles. The van der Waals surface area contributed by atoms with Crippen molar-refractivity contribution in [3.8, 4) is 0 Å². The van der Waals surface area contributed by atoms with Crippen molar-refractivity contribution in [1.29, 1.82) is 0 Å². The molecule has 0 aromatic heterocycles. The maximum absolute atomic E-state index is 5.91. The van der Waals surface area contributed by atoms with Crippen molar-refractivity contribution in [3.05, 3.63) is 62.5 Å². The molecule has 0 heterocycles. The summed E-state index contributed by atoms with van der Waals surface area (Å²) in [6, 6.07) is 14.7. The first-order valence-electron chi connectivity index (χ1n) is 6.48. The molecule has 4 heteroatoms. The summed E-state index contributed by atoms with van der Waals surface area (Å²) in [7, 11) is 2.09. The van der Waals surface area contributed by atoms with Crippen LogP contribution in [0.3, 0.4) is 0 Å². The number of rotatable bonds is 4. The summed E-state index contributed by atoms with van der Waals surface area (Å²) in [5, 5.41) is 0. The molecule has 0 aliphatic rings. The molecule has 0 unspecified atom stereocenters. The maximum Gasteiger partial charge on any atom is 0.0511 e. The second-order valence-corrected chi connectivity index (χ2v) is 6.75. The van der Waals surface area contributed by atoms with Crippen LogP contribution in [0.2, 0.25) is 0 Å². The van der Waals surface area contributed by atoms with Gasteiger partial charge >= 0.3 is 0 Å². The van der Waals surface area contributed by atoms with Crippen molar-refractivity contribution in [2.24, 2.45) is 5.73 Å². The fourth-order valence-corrected chi connectivity index (χ4v) is 3.03. The van der Waals surface area contributed by atoms with Gasteiger partial charge in [0.1, 0.15) is 0 Å². The fraction of sp³-hybridized carbons (Fsp3) is 0.250. The van der Waals surface area contributed by atoms with E-state index in [2.05, 4.69) is 86.3 Å². The lowest BCUT2D eigenvalue weighted by Gasteiger charge is -2.22. The third kappa shape index (κ3) is 3.84. The van der Waals surface area contributed by atoms with Crippen LogP contribution in [-0.2, 0) is 6.54 Å². The topological polar surface area (TPSA) is 29.3 Å². The van der Waals surface area contributed by atoms with E-state index >= 15 is 0 Å². The first-order chi connectivity index (χ1) is 9.47. The van der Waals surface area contributed by atoms with Crippen molar-refractivity contribution in [2.45, 2.75) is 19.5 Å². The van der Waals surface area contributed by atoms with E-state index in [0.717, 1.165) is 26.7 Å². The lowest BCUT2D eigenvalue weighted by atomic mass is 10.1. The molecule has 0 aliphatic carbocycles. The van der Waals surface area contributed by atoms with Gasteiger partial charge in [0.2, 0.25) is 0 Å². The number of hydrogen-bond acceptors (Lipinski definition) is 2. The largest absolute Gasteiger partial charge is 0.369 e. The first-order valence-corrected chi connectivity index (χ1v) is 8.06. The summed E-state index contributed by atoms with van der Waals surface area (Å²) in [5.41, 5.74) is 9.49. The second-order valence-electron chi connectivity index (χ2n) is 4.98. The molecule has 20 heavy (non-hydrogen) atoms. The van der Waals surface area contributed by atoms with Crippen LogP contribution in [0.4, 0.5) is 5.69 Å². The lowest BCUT2D eigenvalue weighted by Crippen LogP contribution is -2.17. The average Bonchev–Trinajstić information content (AvgIpc) is 2.41. The molecule has 0 spiro atoms. The lowest BCUT2D eigenvalue weighted by molar-refractivity contribution is 0.816. The Morgan fingerprint density at radius 2 is 1.75 bits per heavy atom. The minimum Gasteiger partial charge on any atom is -0.369 e. The van der Waals surface area contributed by atoms with Gasteiger partial charge in [-0.2, -0.15) is 0 Å². The summed E-state index contributed by atoms with van der Waals surface area (Å²) >= 11 is 7.09. The Hall–Kier alpha value is -0.840. The number of anilines is 1. The van der Waals surface area contributed by atoms with Gasteiger partial charge in [0.05, 0.1) is 5.69 Å². The van der Waals surface area contributed by atoms with Crippen molar-refractivity contribution in [3.63, 3.8) is 0 Å². The summed E-state index contributed by atoms with van der Waals surface area (Å²) in [6.07, 6.45) is 0. The van der Waals surface area contributed by atoms with Gasteiger partial charge in [-0.05, 0) is 58.2 Å². The highest BCUT2D eigenvalue weighted by atomic mass is 79.9. The average molecular weight is 398 g/mol. The van der Waals surface area contributed by atoms with Gasteiger partial charge in [-0.15, -0.1) is 0 Å². The molecule has 0 aliphatic heterocycles. The number of nitrogens with two attached hydrogens (primary N) is 1. The molecule has 1 atom stereocenters. The van der Waals surface area contributed by atoms with Crippen molar-refractivity contribution in [1.82, 2.24) is 0 Å². The number of nitrogens with zero attached hydrogens (tertiary/aromatic N) is 1. The quantitative estimate of drug-likeness (QED) is 0.797.